The molecule has 0 unspecified atom stereocenters. The first-order chi connectivity index (χ1) is 14.6. The van der Waals surface area contributed by atoms with Crippen molar-refractivity contribution in [3.8, 4) is 17.2 Å². The van der Waals surface area contributed by atoms with Gasteiger partial charge >= 0.3 is 0 Å². The van der Waals surface area contributed by atoms with Gasteiger partial charge in [-0.1, -0.05) is 24.3 Å². The van der Waals surface area contributed by atoms with Crippen LogP contribution in [0, 0.1) is 13.8 Å². The number of nitrogens with zero attached hydrogens (tertiary/aromatic N) is 1. The lowest BCUT2D eigenvalue weighted by Crippen LogP contribution is -2.23. The molecule has 3 aromatic rings. The minimum Gasteiger partial charge on any atom is -0.486 e. The monoisotopic (exact) mass is 406 g/mol. The van der Waals surface area contributed by atoms with E-state index in [1.165, 1.54) is 0 Å². The predicted molar refractivity (Wildman–Crippen MR) is 115 cm³/mol. The predicted octanol–water partition coefficient (Wildman–Crippen LogP) is 3.94. The molecular weight excluding hydrogens is 380 g/mol. The summed E-state index contributed by atoms with van der Waals surface area (Å²) in [5.74, 6) is 1.39. The Morgan fingerprint density at radius 3 is 2.43 bits per heavy atom. The fraction of sp³-hybridized carbons (Fsp3) is 0.292. The third kappa shape index (κ3) is 4.04. The van der Waals surface area contributed by atoms with Gasteiger partial charge < -0.3 is 24.1 Å². The van der Waals surface area contributed by atoms with Gasteiger partial charge in [-0.3, -0.25) is 4.79 Å². The van der Waals surface area contributed by atoms with Crippen LogP contribution in [0.4, 0.5) is 0 Å². The summed E-state index contributed by atoms with van der Waals surface area (Å²) in [5.41, 5.74) is 5.63. The van der Waals surface area contributed by atoms with E-state index >= 15 is 0 Å². The standard InChI is InChI=1S/C24H26N2O4/c1-16-12-21(24(27)25-14-18-4-6-19(7-5-18)15-28-3)17(2)26(16)20-8-9-22-23(13-20)30-11-10-29-22/h4-9,12-13H,10-11,14-15H2,1-3H3,(H,25,27). The fourth-order valence-corrected chi connectivity index (χ4v) is 3.76. The Morgan fingerprint density at radius 1 is 1.00 bits per heavy atom. The van der Waals surface area contributed by atoms with Crippen LogP contribution in [0.1, 0.15) is 32.9 Å². The SMILES string of the molecule is COCc1ccc(CNC(=O)c2cc(C)n(-c3ccc4c(c3)OCCO4)c2C)cc1. The maximum Gasteiger partial charge on any atom is 0.253 e. The molecule has 6 heteroatoms. The van der Waals surface area contributed by atoms with E-state index in [0.717, 1.165) is 39.7 Å². The molecular formula is C24H26N2O4. The quantitative estimate of drug-likeness (QED) is 0.674. The minimum absolute atomic E-state index is 0.0899. The number of ether oxygens (including phenoxy) is 3. The normalized spacial score (nSPS) is 12.6. The van der Waals surface area contributed by atoms with Crippen molar-refractivity contribution in [3.05, 3.63) is 76.6 Å². The van der Waals surface area contributed by atoms with Crippen molar-refractivity contribution in [3.63, 3.8) is 0 Å². The molecule has 0 spiro atoms. The smallest absolute Gasteiger partial charge is 0.253 e. The van der Waals surface area contributed by atoms with Gasteiger partial charge in [0.15, 0.2) is 11.5 Å². The minimum atomic E-state index is -0.0899. The zero-order valence-electron chi connectivity index (χ0n) is 17.5. The van der Waals surface area contributed by atoms with E-state index in [-0.39, 0.29) is 5.91 Å². The molecule has 0 bridgehead atoms. The third-order valence-corrected chi connectivity index (χ3v) is 5.25. The van der Waals surface area contributed by atoms with Gasteiger partial charge in [-0.2, -0.15) is 0 Å². The Bertz CT molecular complexity index is 1050. The molecule has 30 heavy (non-hydrogen) atoms. The number of nitrogens with one attached hydrogen (secondary N) is 1. The lowest BCUT2D eigenvalue weighted by molar-refractivity contribution is 0.0950. The molecule has 1 N–H and O–H groups in total. The summed E-state index contributed by atoms with van der Waals surface area (Å²) in [6.45, 7) is 6.11. The number of hydrogen-bond acceptors (Lipinski definition) is 4. The van der Waals surface area contributed by atoms with Gasteiger partial charge in [0.1, 0.15) is 13.2 Å². The highest BCUT2D eigenvalue weighted by molar-refractivity contribution is 5.95. The van der Waals surface area contributed by atoms with Crippen LogP contribution < -0.4 is 14.8 Å². The van der Waals surface area contributed by atoms with E-state index in [0.29, 0.717) is 31.9 Å². The first-order valence-corrected chi connectivity index (χ1v) is 10.0. The number of hydrogen-bond donors (Lipinski definition) is 1. The summed E-state index contributed by atoms with van der Waals surface area (Å²) in [7, 11) is 1.68. The zero-order valence-corrected chi connectivity index (χ0v) is 17.5. The van der Waals surface area contributed by atoms with Gasteiger partial charge in [0.25, 0.3) is 5.91 Å². The average Bonchev–Trinajstić information content (AvgIpc) is 3.07. The number of aromatic nitrogens is 1. The molecule has 0 atom stereocenters. The molecule has 1 aromatic heterocycles. The van der Waals surface area contributed by atoms with Crippen molar-refractivity contribution in [1.82, 2.24) is 9.88 Å². The first-order valence-electron chi connectivity index (χ1n) is 10.0. The van der Waals surface area contributed by atoms with Crippen LogP contribution in [-0.4, -0.2) is 30.8 Å². The first kappa shape index (κ1) is 20.0. The second kappa shape index (κ2) is 8.63. The van der Waals surface area contributed by atoms with Crippen LogP contribution >= 0.6 is 0 Å². The average molecular weight is 406 g/mol. The largest absolute Gasteiger partial charge is 0.486 e. The van der Waals surface area contributed by atoms with Gasteiger partial charge in [0.05, 0.1) is 12.2 Å². The number of amides is 1. The van der Waals surface area contributed by atoms with E-state index in [9.17, 15) is 4.79 Å². The third-order valence-electron chi connectivity index (χ3n) is 5.25. The molecule has 2 aromatic carbocycles. The molecule has 0 fully saturated rings. The summed E-state index contributed by atoms with van der Waals surface area (Å²) in [4.78, 5) is 12.8. The summed E-state index contributed by atoms with van der Waals surface area (Å²) < 4.78 is 18.5. The van der Waals surface area contributed by atoms with Gasteiger partial charge in [0.2, 0.25) is 0 Å². The Kier molecular flexibility index (Phi) is 5.77. The summed E-state index contributed by atoms with van der Waals surface area (Å²) in [5, 5.41) is 3.02. The van der Waals surface area contributed by atoms with Crippen molar-refractivity contribution in [2.75, 3.05) is 20.3 Å². The Balaban J connectivity index is 1.50. The Morgan fingerprint density at radius 2 is 1.70 bits per heavy atom. The number of fused-ring (bicyclic) bond motifs is 1. The highest BCUT2D eigenvalue weighted by atomic mass is 16.6. The number of aryl methyl sites for hydroxylation is 1. The molecule has 0 aliphatic carbocycles. The van der Waals surface area contributed by atoms with Crippen LogP contribution in [0.25, 0.3) is 5.69 Å². The second-order valence-electron chi connectivity index (χ2n) is 7.38. The molecule has 1 aliphatic rings. The fourth-order valence-electron chi connectivity index (χ4n) is 3.76. The molecule has 0 radical (unpaired) electrons. The molecule has 4 rings (SSSR count). The number of rotatable bonds is 6. The number of carbonyl (C=O) groups excluding carboxylic acids is 1. The maximum absolute atomic E-state index is 12.8. The van der Waals surface area contributed by atoms with E-state index in [1.807, 2.05) is 62.4 Å². The van der Waals surface area contributed by atoms with Crippen molar-refractivity contribution >= 4 is 5.91 Å². The Labute approximate surface area is 176 Å². The van der Waals surface area contributed by atoms with Crippen LogP contribution in [0.5, 0.6) is 11.5 Å². The molecule has 1 aliphatic heterocycles. The van der Waals surface area contributed by atoms with Crippen molar-refractivity contribution in [1.29, 1.82) is 0 Å². The highest BCUT2D eigenvalue weighted by Gasteiger charge is 2.19. The number of carbonyl (C=O) groups is 1. The molecule has 156 valence electrons. The zero-order chi connectivity index (χ0) is 21.1. The van der Waals surface area contributed by atoms with Crippen molar-refractivity contribution in [2.45, 2.75) is 27.0 Å². The summed E-state index contributed by atoms with van der Waals surface area (Å²) in [6, 6.07) is 15.8. The van der Waals surface area contributed by atoms with Gasteiger partial charge in [-0.05, 0) is 43.2 Å². The molecule has 1 amide bonds. The van der Waals surface area contributed by atoms with Crippen molar-refractivity contribution in [2.24, 2.45) is 0 Å². The molecule has 0 saturated heterocycles. The number of methoxy groups -OCH3 is 1. The van der Waals surface area contributed by atoms with Gasteiger partial charge in [0, 0.05) is 36.8 Å². The number of benzene rings is 2. The summed E-state index contributed by atoms with van der Waals surface area (Å²) in [6.07, 6.45) is 0. The van der Waals surface area contributed by atoms with E-state index in [2.05, 4.69) is 9.88 Å². The molecule has 6 nitrogen and oxygen atoms in total. The lowest BCUT2D eigenvalue weighted by Gasteiger charge is -2.20. The lowest BCUT2D eigenvalue weighted by atomic mass is 10.1. The van der Waals surface area contributed by atoms with E-state index < -0.39 is 0 Å². The molecule has 0 saturated carbocycles. The van der Waals surface area contributed by atoms with Gasteiger partial charge in [-0.15, -0.1) is 0 Å². The van der Waals surface area contributed by atoms with E-state index in [1.54, 1.807) is 7.11 Å². The summed E-state index contributed by atoms with van der Waals surface area (Å²) >= 11 is 0. The topological polar surface area (TPSA) is 61.7 Å². The van der Waals surface area contributed by atoms with Crippen molar-refractivity contribution < 1.29 is 19.0 Å². The van der Waals surface area contributed by atoms with Gasteiger partial charge in [-0.25, -0.2) is 0 Å². The van der Waals surface area contributed by atoms with Crippen LogP contribution in [0.3, 0.4) is 0 Å². The van der Waals surface area contributed by atoms with Crippen LogP contribution in [-0.2, 0) is 17.9 Å². The van der Waals surface area contributed by atoms with Crippen LogP contribution in [0.2, 0.25) is 0 Å². The Hall–Kier alpha value is -3.25. The van der Waals surface area contributed by atoms with E-state index in [4.69, 9.17) is 14.2 Å². The second-order valence-corrected chi connectivity index (χ2v) is 7.38. The molecule has 2 heterocycles. The van der Waals surface area contributed by atoms with Crippen LogP contribution in [0.15, 0.2) is 48.5 Å². The highest BCUT2D eigenvalue weighted by Crippen LogP contribution is 2.33. The maximum atomic E-state index is 12.8.